The number of non-ortho nitro benzene ring substituents is 1. The largest absolute Gasteiger partial charge is 0.410 e. The molecule has 2 aromatic rings. The quantitative estimate of drug-likeness (QED) is 0.534. The zero-order chi connectivity index (χ0) is 15.7. The van der Waals surface area contributed by atoms with Crippen LogP contribution in [0.5, 0.6) is 0 Å². The summed E-state index contributed by atoms with van der Waals surface area (Å²) in [5.74, 6) is -0.484. The van der Waals surface area contributed by atoms with E-state index < -0.39 is 10.8 Å². The molecule has 0 saturated heterocycles. The number of rotatable bonds is 3. The van der Waals surface area contributed by atoms with Crippen LogP contribution >= 0.6 is 0 Å². The number of fused-ring (bicyclic) bond motifs is 1. The lowest BCUT2D eigenvalue weighted by Crippen LogP contribution is -2.29. The van der Waals surface area contributed by atoms with Gasteiger partial charge in [-0.3, -0.25) is 14.9 Å². The van der Waals surface area contributed by atoms with Crippen LogP contribution in [0.1, 0.15) is 11.1 Å². The lowest BCUT2D eigenvalue weighted by molar-refractivity contribution is -0.384. The summed E-state index contributed by atoms with van der Waals surface area (Å²) in [4.78, 5) is 24.1. The minimum Gasteiger partial charge on any atom is -0.410 e. The van der Waals surface area contributed by atoms with Gasteiger partial charge in [-0.05, 0) is 11.6 Å². The molecular weight excluding hydrogens is 286 g/mol. The van der Waals surface area contributed by atoms with Gasteiger partial charge in [0.25, 0.3) is 11.6 Å². The van der Waals surface area contributed by atoms with Crippen molar-refractivity contribution in [1.82, 2.24) is 0 Å². The summed E-state index contributed by atoms with van der Waals surface area (Å²) >= 11 is 0. The third kappa shape index (κ3) is 2.18. The number of hydrogen-bond donors (Lipinski definition) is 1. The Morgan fingerprint density at radius 3 is 2.55 bits per heavy atom. The molecule has 0 radical (unpaired) electrons. The molecule has 0 aliphatic carbocycles. The van der Waals surface area contributed by atoms with Gasteiger partial charge < -0.3 is 10.1 Å². The number of oxime groups is 1. The Bertz CT molecular complexity index is 787. The van der Waals surface area contributed by atoms with Gasteiger partial charge in [-0.2, -0.15) is 0 Å². The molecule has 0 aromatic heterocycles. The van der Waals surface area contributed by atoms with Gasteiger partial charge in [0.05, 0.1) is 17.2 Å². The van der Waals surface area contributed by atoms with Crippen molar-refractivity contribution < 1.29 is 14.9 Å². The topological polar surface area (TPSA) is 96.0 Å². The zero-order valence-corrected chi connectivity index (χ0v) is 11.3. The van der Waals surface area contributed by atoms with Crippen molar-refractivity contribution in [2.45, 2.75) is 6.54 Å². The van der Waals surface area contributed by atoms with Crippen LogP contribution in [0.2, 0.25) is 0 Å². The fourth-order valence-electron chi connectivity index (χ4n) is 2.43. The third-order valence-corrected chi connectivity index (χ3v) is 3.47. The SMILES string of the molecule is O=C1/C(=N\O)c2cc([N+](=O)[O-])ccc2N1Cc1ccccc1. The maximum Gasteiger partial charge on any atom is 0.281 e. The van der Waals surface area contributed by atoms with Crippen LogP contribution in [-0.4, -0.2) is 21.7 Å². The fraction of sp³-hybridized carbons (Fsp3) is 0.0667. The highest BCUT2D eigenvalue weighted by molar-refractivity contribution is 6.54. The first-order valence-corrected chi connectivity index (χ1v) is 6.48. The molecule has 0 bridgehead atoms. The minimum absolute atomic E-state index is 0.158. The van der Waals surface area contributed by atoms with Crippen molar-refractivity contribution in [3.63, 3.8) is 0 Å². The van der Waals surface area contributed by atoms with Crippen LogP contribution in [0, 0.1) is 10.1 Å². The summed E-state index contributed by atoms with van der Waals surface area (Å²) in [5, 5.41) is 22.9. The van der Waals surface area contributed by atoms with E-state index in [2.05, 4.69) is 5.16 Å². The van der Waals surface area contributed by atoms with E-state index >= 15 is 0 Å². The Hall–Kier alpha value is -3.22. The molecule has 1 aliphatic rings. The minimum atomic E-state index is -0.556. The third-order valence-electron chi connectivity index (χ3n) is 3.47. The average Bonchev–Trinajstić information content (AvgIpc) is 2.79. The number of nitrogens with zero attached hydrogens (tertiary/aromatic N) is 3. The van der Waals surface area contributed by atoms with Gasteiger partial charge in [0, 0.05) is 17.7 Å². The summed E-state index contributed by atoms with van der Waals surface area (Å²) in [7, 11) is 0. The Morgan fingerprint density at radius 1 is 1.18 bits per heavy atom. The van der Waals surface area contributed by atoms with Crippen molar-refractivity contribution in [1.29, 1.82) is 0 Å². The molecule has 1 N–H and O–H groups in total. The lowest BCUT2D eigenvalue weighted by atomic mass is 10.1. The molecule has 1 amide bonds. The molecule has 110 valence electrons. The Labute approximate surface area is 125 Å². The van der Waals surface area contributed by atoms with E-state index in [1.165, 1.54) is 23.1 Å². The van der Waals surface area contributed by atoms with Gasteiger partial charge in [-0.15, -0.1) is 0 Å². The van der Waals surface area contributed by atoms with E-state index in [0.29, 0.717) is 12.2 Å². The van der Waals surface area contributed by atoms with Crippen LogP contribution in [0.4, 0.5) is 11.4 Å². The molecule has 3 rings (SSSR count). The Balaban J connectivity index is 2.05. The summed E-state index contributed by atoms with van der Waals surface area (Å²) in [6.45, 7) is 0.295. The molecule has 0 saturated carbocycles. The molecule has 0 spiro atoms. The molecule has 0 atom stereocenters. The molecule has 7 heteroatoms. The van der Waals surface area contributed by atoms with E-state index in [-0.39, 0.29) is 17.0 Å². The molecule has 0 unspecified atom stereocenters. The second kappa shape index (κ2) is 5.28. The highest BCUT2D eigenvalue weighted by Crippen LogP contribution is 2.33. The normalized spacial score (nSPS) is 15.2. The second-order valence-corrected chi connectivity index (χ2v) is 4.78. The number of nitro benzene ring substituents is 1. The average molecular weight is 297 g/mol. The van der Waals surface area contributed by atoms with Crippen molar-refractivity contribution in [2.24, 2.45) is 5.16 Å². The standard InChI is InChI=1S/C15H11N3O4/c19-15-14(16-20)12-8-11(18(21)22)6-7-13(12)17(15)9-10-4-2-1-3-5-10/h1-8,20H,9H2/b16-14-. The van der Waals surface area contributed by atoms with Gasteiger partial charge in [-0.25, -0.2) is 0 Å². The van der Waals surface area contributed by atoms with Crippen molar-refractivity contribution in [2.75, 3.05) is 4.90 Å². The summed E-state index contributed by atoms with van der Waals surface area (Å²) < 4.78 is 0. The maximum absolute atomic E-state index is 12.3. The maximum atomic E-state index is 12.3. The number of amides is 1. The first kappa shape index (κ1) is 13.7. The van der Waals surface area contributed by atoms with Crippen LogP contribution in [0.15, 0.2) is 53.7 Å². The predicted octanol–water partition coefficient (Wildman–Crippen LogP) is 2.32. The highest BCUT2D eigenvalue weighted by Gasteiger charge is 2.35. The van der Waals surface area contributed by atoms with Crippen LogP contribution in [0.25, 0.3) is 0 Å². The van der Waals surface area contributed by atoms with Gasteiger partial charge in [0.1, 0.15) is 0 Å². The molecular formula is C15H11N3O4. The summed E-state index contributed by atoms with van der Waals surface area (Å²) in [5.41, 5.74) is 1.31. The molecule has 0 fully saturated rings. The van der Waals surface area contributed by atoms with E-state index in [1.807, 2.05) is 30.3 Å². The first-order chi connectivity index (χ1) is 10.6. The predicted molar refractivity (Wildman–Crippen MR) is 79.1 cm³/mol. The van der Waals surface area contributed by atoms with Gasteiger partial charge >= 0.3 is 0 Å². The number of hydrogen-bond acceptors (Lipinski definition) is 5. The van der Waals surface area contributed by atoms with Crippen molar-refractivity contribution in [3.8, 4) is 0 Å². The number of nitro groups is 1. The lowest BCUT2D eigenvalue weighted by Gasteiger charge is -2.16. The second-order valence-electron chi connectivity index (χ2n) is 4.78. The fourth-order valence-corrected chi connectivity index (χ4v) is 2.43. The van der Waals surface area contributed by atoms with Crippen molar-refractivity contribution >= 4 is 23.0 Å². The highest BCUT2D eigenvalue weighted by atomic mass is 16.6. The van der Waals surface area contributed by atoms with Gasteiger partial charge in [0.15, 0.2) is 5.71 Å². The van der Waals surface area contributed by atoms with E-state index in [4.69, 9.17) is 5.21 Å². The van der Waals surface area contributed by atoms with E-state index in [1.54, 1.807) is 0 Å². The number of carbonyl (C=O) groups is 1. The Kier molecular flexibility index (Phi) is 3.30. The van der Waals surface area contributed by atoms with Crippen LogP contribution < -0.4 is 4.90 Å². The number of anilines is 1. The van der Waals surface area contributed by atoms with E-state index in [9.17, 15) is 14.9 Å². The van der Waals surface area contributed by atoms with Gasteiger partial charge in [0.2, 0.25) is 0 Å². The number of carbonyl (C=O) groups excluding carboxylic acids is 1. The van der Waals surface area contributed by atoms with Gasteiger partial charge in [-0.1, -0.05) is 35.5 Å². The monoisotopic (exact) mass is 297 g/mol. The molecule has 7 nitrogen and oxygen atoms in total. The van der Waals surface area contributed by atoms with Crippen LogP contribution in [-0.2, 0) is 11.3 Å². The summed E-state index contributed by atoms with van der Waals surface area (Å²) in [6, 6.07) is 13.4. The van der Waals surface area contributed by atoms with Crippen molar-refractivity contribution in [3.05, 3.63) is 69.8 Å². The molecule has 1 heterocycles. The molecule has 1 aliphatic heterocycles. The smallest absolute Gasteiger partial charge is 0.281 e. The molecule has 22 heavy (non-hydrogen) atoms. The number of benzene rings is 2. The first-order valence-electron chi connectivity index (χ1n) is 6.48. The zero-order valence-electron chi connectivity index (χ0n) is 11.3. The molecule has 2 aromatic carbocycles. The van der Waals surface area contributed by atoms with Crippen LogP contribution in [0.3, 0.4) is 0 Å². The summed E-state index contributed by atoms with van der Waals surface area (Å²) in [6.07, 6.45) is 0. The van der Waals surface area contributed by atoms with E-state index in [0.717, 1.165) is 5.56 Å². The Morgan fingerprint density at radius 2 is 1.91 bits per heavy atom.